The second-order valence-electron chi connectivity index (χ2n) is 6.16. The van der Waals surface area contributed by atoms with Crippen LogP contribution < -0.4 is 14.2 Å². The first-order valence-electron chi connectivity index (χ1n) is 8.48. The zero-order valence-corrected chi connectivity index (χ0v) is 15.1. The minimum atomic E-state index is -0.595. The van der Waals surface area contributed by atoms with Crippen LogP contribution in [0.25, 0.3) is 0 Å². The van der Waals surface area contributed by atoms with E-state index in [1.165, 1.54) is 17.0 Å². The molecule has 0 atom stereocenters. The standard InChI is InChI=1S/C19H20N2O6/c1-13-3-5-14(6-4-13)25-8-7-20(2)19(22)15-11-17-18(27-10-9-26-17)12-16(15)21(23)24/h3-6,11-12H,7-10H2,1-2H3. The Morgan fingerprint density at radius 2 is 1.81 bits per heavy atom. The molecule has 142 valence electrons. The molecule has 0 fully saturated rings. The van der Waals surface area contributed by atoms with E-state index >= 15 is 0 Å². The highest BCUT2D eigenvalue weighted by Crippen LogP contribution is 2.37. The van der Waals surface area contributed by atoms with Crippen molar-refractivity contribution in [3.63, 3.8) is 0 Å². The van der Waals surface area contributed by atoms with Crippen molar-refractivity contribution in [1.29, 1.82) is 0 Å². The highest BCUT2D eigenvalue weighted by Gasteiger charge is 2.28. The molecule has 27 heavy (non-hydrogen) atoms. The van der Waals surface area contributed by atoms with Gasteiger partial charge in [-0.3, -0.25) is 14.9 Å². The molecule has 0 saturated carbocycles. The first-order chi connectivity index (χ1) is 13.0. The Labute approximate surface area is 156 Å². The fourth-order valence-electron chi connectivity index (χ4n) is 2.64. The van der Waals surface area contributed by atoms with Gasteiger partial charge in [-0.05, 0) is 19.1 Å². The van der Waals surface area contributed by atoms with Gasteiger partial charge in [0.1, 0.15) is 31.1 Å². The second-order valence-corrected chi connectivity index (χ2v) is 6.16. The zero-order chi connectivity index (χ0) is 19.4. The molecule has 2 aromatic carbocycles. The van der Waals surface area contributed by atoms with E-state index in [-0.39, 0.29) is 30.2 Å². The Hall–Kier alpha value is -3.29. The van der Waals surface area contributed by atoms with E-state index in [4.69, 9.17) is 14.2 Å². The third-order valence-electron chi connectivity index (χ3n) is 4.15. The lowest BCUT2D eigenvalue weighted by atomic mass is 10.1. The van der Waals surface area contributed by atoms with E-state index in [1.807, 2.05) is 31.2 Å². The van der Waals surface area contributed by atoms with Crippen molar-refractivity contribution in [2.45, 2.75) is 6.92 Å². The van der Waals surface area contributed by atoms with Crippen LogP contribution in [0.2, 0.25) is 0 Å². The summed E-state index contributed by atoms with van der Waals surface area (Å²) < 4.78 is 16.4. The Morgan fingerprint density at radius 3 is 2.44 bits per heavy atom. The summed E-state index contributed by atoms with van der Waals surface area (Å²) in [4.78, 5) is 24.9. The van der Waals surface area contributed by atoms with Crippen LogP contribution in [-0.4, -0.2) is 49.1 Å². The second kappa shape index (κ2) is 7.94. The lowest BCUT2D eigenvalue weighted by Gasteiger charge is -2.21. The molecule has 0 spiro atoms. The van der Waals surface area contributed by atoms with Crippen molar-refractivity contribution in [3.05, 3.63) is 57.6 Å². The van der Waals surface area contributed by atoms with Gasteiger partial charge in [0.2, 0.25) is 0 Å². The maximum absolute atomic E-state index is 12.7. The Balaban J connectivity index is 1.70. The summed E-state index contributed by atoms with van der Waals surface area (Å²) in [5, 5.41) is 11.4. The molecule has 1 amide bonds. The third-order valence-corrected chi connectivity index (χ3v) is 4.15. The number of nitro groups is 1. The first kappa shape index (κ1) is 18.5. The molecule has 0 N–H and O–H groups in total. The van der Waals surface area contributed by atoms with Crippen molar-refractivity contribution in [2.24, 2.45) is 0 Å². The zero-order valence-electron chi connectivity index (χ0n) is 15.1. The van der Waals surface area contributed by atoms with E-state index in [2.05, 4.69) is 0 Å². The number of aryl methyl sites for hydroxylation is 1. The number of benzene rings is 2. The molecule has 8 nitrogen and oxygen atoms in total. The lowest BCUT2D eigenvalue weighted by Crippen LogP contribution is -2.31. The molecule has 0 bridgehead atoms. The van der Waals surface area contributed by atoms with Gasteiger partial charge in [-0.25, -0.2) is 0 Å². The number of likely N-dealkylation sites (N-methyl/N-ethyl adjacent to an activating group) is 1. The monoisotopic (exact) mass is 372 g/mol. The number of nitrogens with zero attached hydrogens (tertiary/aromatic N) is 2. The van der Waals surface area contributed by atoms with Gasteiger partial charge >= 0.3 is 0 Å². The molecule has 0 radical (unpaired) electrons. The van der Waals surface area contributed by atoms with Crippen LogP contribution >= 0.6 is 0 Å². The molecule has 0 saturated heterocycles. The number of fused-ring (bicyclic) bond motifs is 1. The number of carbonyl (C=O) groups is 1. The fraction of sp³-hybridized carbons (Fsp3) is 0.316. The van der Waals surface area contributed by atoms with Crippen molar-refractivity contribution in [3.8, 4) is 17.2 Å². The average Bonchev–Trinajstić information content (AvgIpc) is 2.67. The quantitative estimate of drug-likeness (QED) is 0.572. The molecule has 1 aliphatic rings. The number of rotatable bonds is 6. The van der Waals surface area contributed by atoms with Crippen LogP contribution in [0.3, 0.4) is 0 Å². The van der Waals surface area contributed by atoms with Gasteiger partial charge in [0.25, 0.3) is 11.6 Å². The number of ether oxygens (including phenoxy) is 3. The maximum Gasteiger partial charge on any atom is 0.286 e. The summed E-state index contributed by atoms with van der Waals surface area (Å²) in [6.07, 6.45) is 0. The van der Waals surface area contributed by atoms with Gasteiger partial charge in [-0.2, -0.15) is 0 Å². The maximum atomic E-state index is 12.7. The minimum absolute atomic E-state index is 0.0397. The van der Waals surface area contributed by atoms with Gasteiger partial charge in [0.05, 0.1) is 17.5 Å². The predicted octanol–water partition coefficient (Wildman–Crippen LogP) is 2.83. The van der Waals surface area contributed by atoms with E-state index < -0.39 is 10.8 Å². The van der Waals surface area contributed by atoms with Gasteiger partial charge in [-0.15, -0.1) is 0 Å². The molecular weight excluding hydrogens is 352 g/mol. The van der Waals surface area contributed by atoms with Crippen molar-refractivity contribution < 1.29 is 23.9 Å². The molecule has 3 rings (SSSR count). The largest absolute Gasteiger partial charge is 0.492 e. The van der Waals surface area contributed by atoms with Crippen molar-refractivity contribution >= 4 is 11.6 Å². The summed E-state index contributed by atoms with van der Waals surface area (Å²) in [6.45, 7) is 3.17. The van der Waals surface area contributed by atoms with Crippen LogP contribution in [0.5, 0.6) is 17.2 Å². The summed E-state index contributed by atoms with van der Waals surface area (Å²) in [6, 6.07) is 10.2. The van der Waals surface area contributed by atoms with Crippen LogP contribution in [0.15, 0.2) is 36.4 Å². The van der Waals surface area contributed by atoms with E-state index in [0.717, 1.165) is 5.56 Å². The number of nitro benzene ring substituents is 1. The average molecular weight is 372 g/mol. The van der Waals surface area contributed by atoms with Crippen LogP contribution in [0, 0.1) is 17.0 Å². The third kappa shape index (κ3) is 4.28. The number of carbonyl (C=O) groups excluding carboxylic acids is 1. The molecule has 0 aliphatic carbocycles. The topological polar surface area (TPSA) is 91.1 Å². The number of hydrogen-bond donors (Lipinski definition) is 0. The summed E-state index contributed by atoms with van der Waals surface area (Å²) in [7, 11) is 1.57. The van der Waals surface area contributed by atoms with Crippen LogP contribution in [0.1, 0.15) is 15.9 Å². The Morgan fingerprint density at radius 1 is 1.19 bits per heavy atom. The molecule has 0 unspecified atom stereocenters. The summed E-state index contributed by atoms with van der Waals surface area (Å²) in [5.74, 6) is 0.826. The molecule has 8 heteroatoms. The lowest BCUT2D eigenvalue weighted by molar-refractivity contribution is -0.385. The Bertz CT molecular complexity index is 850. The Kier molecular flexibility index (Phi) is 5.44. The van der Waals surface area contributed by atoms with E-state index in [9.17, 15) is 14.9 Å². The SMILES string of the molecule is Cc1ccc(OCCN(C)C(=O)c2cc3c(cc2[N+](=O)[O-])OCCO3)cc1. The predicted molar refractivity (Wildman–Crippen MR) is 97.7 cm³/mol. The van der Waals surface area contributed by atoms with Gasteiger partial charge < -0.3 is 19.1 Å². The fourth-order valence-corrected chi connectivity index (χ4v) is 2.64. The normalized spacial score (nSPS) is 12.4. The van der Waals surface area contributed by atoms with Crippen LogP contribution in [-0.2, 0) is 0 Å². The highest BCUT2D eigenvalue weighted by molar-refractivity contribution is 5.99. The molecule has 0 aromatic heterocycles. The molecule has 2 aromatic rings. The summed E-state index contributed by atoms with van der Waals surface area (Å²) >= 11 is 0. The number of hydrogen-bond acceptors (Lipinski definition) is 6. The van der Waals surface area contributed by atoms with Gasteiger partial charge in [-0.1, -0.05) is 17.7 Å². The number of amides is 1. The van der Waals surface area contributed by atoms with Gasteiger partial charge in [0, 0.05) is 13.1 Å². The van der Waals surface area contributed by atoms with Crippen molar-refractivity contribution in [1.82, 2.24) is 4.90 Å². The smallest absolute Gasteiger partial charge is 0.286 e. The first-order valence-corrected chi connectivity index (χ1v) is 8.48. The van der Waals surface area contributed by atoms with Gasteiger partial charge in [0.15, 0.2) is 11.5 Å². The molecule has 1 heterocycles. The molecule has 1 aliphatic heterocycles. The van der Waals surface area contributed by atoms with Crippen LogP contribution in [0.4, 0.5) is 5.69 Å². The van der Waals surface area contributed by atoms with Crippen molar-refractivity contribution in [2.75, 3.05) is 33.4 Å². The minimum Gasteiger partial charge on any atom is -0.492 e. The van der Waals surface area contributed by atoms with E-state index in [0.29, 0.717) is 24.7 Å². The van der Waals surface area contributed by atoms with E-state index in [1.54, 1.807) is 7.05 Å². The summed E-state index contributed by atoms with van der Waals surface area (Å²) in [5.41, 5.74) is 0.776. The highest BCUT2D eigenvalue weighted by atomic mass is 16.6. The molecular formula is C19H20N2O6.